The molecule has 27 heavy (non-hydrogen) atoms. The second-order valence-corrected chi connectivity index (χ2v) is 8.71. The highest BCUT2D eigenvalue weighted by Crippen LogP contribution is 2.18. The van der Waals surface area contributed by atoms with Crippen molar-refractivity contribution in [2.75, 3.05) is 13.7 Å². The molecule has 1 fully saturated rings. The molecule has 1 unspecified atom stereocenters. The average Bonchev–Trinajstić information content (AvgIpc) is 2.59. The van der Waals surface area contributed by atoms with Crippen LogP contribution in [-0.4, -0.2) is 52.9 Å². The summed E-state index contributed by atoms with van der Waals surface area (Å²) >= 11 is 0. The Bertz CT molecular complexity index is 952. The minimum Gasteiger partial charge on any atom is -0.452 e. The van der Waals surface area contributed by atoms with Crippen molar-refractivity contribution < 1.29 is 35.3 Å². The molecule has 0 saturated carbocycles. The van der Waals surface area contributed by atoms with E-state index in [0.717, 1.165) is 24.8 Å². The monoisotopic (exact) mass is 418 g/mol. The predicted octanol–water partition coefficient (Wildman–Crippen LogP) is 0.458. The highest BCUT2D eigenvalue weighted by atomic mass is 32.2. The van der Waals surface area contributed by atoms with Crippen LogP contribution in [-0.2, 0) is 34.0 Å². The van der Waals surface area contributed by atoms with Crippen molar-refractivity contribution in [2.45, 2.75) is 24.3 Å². The number of nitrogens with one attached hydrogen (secondary N) is 1. The van der Waals surface area contributed by atoms with Gasteiger partial charge in [-0.25, -0.2) is 13.2 Å². The molecule has 1 heterocycles. The van der Waals surface area contributed by atoms with Crippen LogP contribution in [0.5, 0.6) is 0 Å². The lowest BCUT2D eigenvalue weighted by Crippen LogP contribution is -2.42. The lowest BCUT2D eigenvalue weighted by Gasteiger charge is -2.21. The summed E-state index contributed by atoms with van der Waals surface area (Å²) in [5.74, 6) is -1.20. The smallest absolute Gasteiger partial charge is 0.431 e. The normalized spacial score (nSPS) is 19.6. The van der Waals surface area contributed by atoms with Crippen molar-refractivity contribution in [3.05, 3.63) is 42.0 Å². The zero-order chi connectivity index (χ0) is 20.2. The predicted molar refractivity (Wildman–Crippen MR) is 93.2 cm³/mol. The Kier molecular flexibility index (Phi) is 6.36. The van der Waals surface area contributed by atoms with E-state index >= 15 is 0 Å². The van der Waals surface area contributed by atoms with E-state index in [9.17, 15) is 26.4 Å². The first-order chi connectivity index (χ1) is 12.6. The largest absolute Gasteiger partial charge is 0.452 e. The fraction of sp³-hybridized carbons (Fsp3) is 0.333. The van der Waals surface area contributed by atoms with Gasteiger partial charge < -0.3 is 4.74 Å². The maximum absolute atomic E-state index is 12.7. The van der Waals surface area contributed by atoms with Crippen LogP contribution in [0.2, 0.25) is 0 Å². The number of carbonyl (C=O) groups is 2. The van der Waals surface area contributed by atoms with Gasteiger partial charge in [0, 0.05) is 12.1 Å². The molecule has 2 rings (SSSR count). The van der Waals surface area contributed by atoms with Crippen LogP contribution < -0.4 is 4.72 Å². The number of methoxy groups -OCH3 is 1. The van der Waals surface area contributed by atoms with Gasteiger partial charge in [-0.15, -0.1) is 4.31 Å². The number of hydrogen-bond acceptors (Lipinski definition) is 8. The molecule has 0 bridgehead atoms. The van der Waals surface area contributed by atoms with Crippen LogP contribution in [0.25, 0.3) is 0 Å². The first-order valence-corrected chi connectivity index (χ1v) is 10.5. The summed E-state index contributed by atoms with van der Waals surface area (Å²) < 4.78 is 59.0. The fourth-order valence-electron chi connectivity index (χ4n) is 2.17. The Morgan fingerprint density at radius 1 is 1.30 bits per heavy atom. The molecule has 1 aliphatic rings. The van der Waals surface area contributed by atoms with Crippen molar-refractivity contribution in [2.24, 2.45) is 0 Å². The van der Waals surface area contributed by atoms with Crippen molar-refractivity contribution >= 4 is 32.3 Å². The van der Waals surface area contributed by atoms with Gasteiger partial charge in [-0.2, -0.15) is 13.1 Å². The first-order valence-electron chi connectivity index (χ1n) is 7.65. The van der Waals surface area contributed by atoms with Crippen LogP contribution in [0.1, 0.15) is 12.0 Å². The summed E-state index contributed by atoms with van der Waals surface area (Å²) in [7, 11) is -7.51. The Morgan fingerprint density at radius 3 is 2.48 bits per heavy atom. The Hall–Kier alpha value is -2.28. The molecule has 0 spiro atoms. The van der Waals surface area contributed by atoms with Gasteiger partial charge in [-0.3, -0.25) is 8.98 Å². The van der Waals surface area contributed by atoms with Gasteiger partial charge in [0.05, 0.1) is 18.6 Å². The van der Waals surface area contributed by atoms with Crippen LogP contribution in [0.3, 0.4) is 0 Å². The minimum absolute atomic E-state index is 0.0258. The summed E-state index contributed by atoms with van der Waals surface area (Å²) in [6.45, 7) is 1.65. The number of imide groups is 1. The number of ether oxygens (including phenoxy) is 1. The molecule has 1 aliphatic heterocycles. The number of benzene rings is 1. The molecule has 1 N–H and O–H groups in total. The van der Waals surface area contributed by atoms with Gasteiger partial charge >= 0.3 is 16.4 Å². The molecule has 0 aliphatic carbocycles. The van der Waals surface area contributed by atoms with Crippen LogP contribution >= 0.6 is 0 Å². The topological polar surface area (TPSA) is 136 Å². The zero-order valence-electron chi connectivity index (χ0n) is 14.5. The van der Waals surface area contributed by atoms with Gasteiger partial charge in [0.1, 0.15) is 0 Å². The molecular formula is C15H18N2O8S2. The molecule has 148 valence electrons. The quantitative estimate of drug-likeness (QED) is 0.697. The molecule has 2 amide bonds. The average molecular weight is 418 g/mol. The number of rotatable bonds is 4. The highest BCUT2D eigenvalue weighted by Gasteiger charge is 2.35. The van der Waals surface area contributed by atoms with E-state index in [-0.39, 0.29) is 22.2 Å². The van der Waals surface area contributed by atoms with Gasteiger partial charge in [0.25, 0.3) is 15.9 Å². The van der Waals surface area contributed by atoms with Crippen molar-refractivity contribution in [3.63, 3.8) is 0 Å². The molecule has 10 nitrogen and oxygen atoms in total. The number of carbonyl (C=O) groups excluding carboxylic acids is 2. The molecule has 0 aromatic heterocycles. The lowest BCUT2D eigenvalue weighted by molar-refractivity contribution is -0.120. The number of amides is 2. The third kappa shape index (κ3) is 5.13. The van der Waals surface area contributed by atoms with E-state index in [1.54, 1.807) is 6.92 Å². The standard InChI is InChI=1S/C15H18N2O8S2/c1-11-3-6-13(7-4-11)26(20,21)17(15(19)24-2)14(18)8-5-12-9-10-25-27(22,23)16-12/h3-8,12,16H,9-10H2,1-2H3/b8-5+. The summed E-state index contributed by atoms with van der Waals surface area (Å²) in [5.41, 5.74) is 0.789. The molecule has 1 aromatic carbocycles. The number of sulfonamides is 1. The Labute approximate surface area is 157 Å². The maximum atomic E-state index is 12.7. The summed E-state index contributed by atoms with van der Waals surface area (Å²) in [6, 6.07) is 4.75. The van der Waals surface area contributed by atoms with Crippen molar-refractivity contribution in [1.82, 2.24) is 9.03 Å². The molecule has 1 aromatic rings. The van der Waals surface area contributed by atoms with E-state index in [2.05, 4.69) is 13.6 Å². The van der Waals surface area contributed by atoms with Gasteiger partial charge in [0.2, 0.25) is 0 Å². The van der Waals surface area contributed by atoms with Gasteiger partial charge in [-0.05, 0) is 25.5 Å². The maximum Gasteiger partial charge on any atom is 0.431 e. The summed E-state index contributed by atoms with van der Waals surface area (Å²) in [5, 5.41) is 0. The minimum atomic E-state index is -4.51. The van der Waals surface area contributed by atoms with Crippen molar-refractivity contribution in [1.29, 1.82) is 0 Å². The SMILES string of the molecule is COC(=O)N(C(=O)/C=C/C1CCOS(=O)(=O)N1)S(=O)(=O)c1ccc(C)cc1. The molecule has 12 heteroatoms. The van der Waals surface area contributed by atoms with Crippen molar-refractivity contribution in [3.8, 4) is 0 Å². The summed E-state index contributed by atoms with van der Waals surface area (Å²) in [6.07, 6.45) is 0.772. The summed E-state index contributed by atoms with van der Waals surface area (Å²) in [4.78, 5) is 24.0. The van der Waals surface area contributed by atoms with E-state index < -0.39 is 38.4 Å². The second kappa shape index (κ2) is 8.17. The fourth-order valence-corrected chi connectivity index (χ4v) is 4.38. The van der Waals surface area contributed by atoms with E-state index in [1.807, 2.05) is 0 Å². The van der Waals surface area contributed by atoms with E-state index in [1.165, 1.54) is 24.3 Å². The molecule has 1 saturated heterocycles. The van der Waals surface area contributed by atoms with Gasteiger partial charge in [0.15, 0.2) is 0 Å². The third-order valence-electron chi connectivity index (χ3n) is 3.53. The number of hydrogen-bond donors (Lipinski definition) is 1. The highest BCUT2D eigenvalue weighted by molar-refractivity contribution is 7.90. The zero-order valence-corrected chi connectivity index (χ0v) is 16.1. The number of aryl methyl sites for hydroxylation is 1. The van der Waals surface area contributed by atoms with Crippen LogP contribution in [0, 0.1) is 6.92 Å². The third-order valence-corrected chi connectivity index (χ3v) is 6.28. The number of nitrogens with zero attached hydrogens (tertiary/aromatic N) is 1. The lowest BCUT2D eigenvalue weighted by atomic mass is 10.2. The van der Waals surface area contributed by atoms with Crippen LogP contribution in [0.4, 0.5) is 4.79 Å². The Morgan fingerprint density at radius 2 is 1.93 bits per heavy atom. The van der Waals surface area contributed by atoms with Gasteiger partial charge in [-0.1, -0.05) is 23.8 Å². The van der Waals surface area contributed by atoms with E-state index in [0.29, 0.717) is 0 Å². The molecule has 1 atom stereocenters. The second-order valence-electron chi connectivity index (χ2n) is 5.54. The van der Waals surface area contributed by atoms with Crippen LogP contribution in [0.15, 0.2) is 41.3 Å². The molecular weight excluding hydrogens is 400 g/mol. The first kappa shape index (κ1) is 21.0. The Balaban J connectivity index is 2.30. The van der Waals surface area contributed by atoms with E-state index in [4.69, 9.17) is 0 Å². The molecule has 0 radical (unpaired) electrons.